The number of aryl methyl sites for hydroxylation is 2. The number of pyridine rings is 1. The average Bonchev–Trinajstić information content (AvgIpc) is 3.16. The summed E-state index contributed by atoms with van der Waals surface area (Å²) in [4.78, 5) is 15.8. The van der Waals surface area contributed by atoms with Crippen LogP contribution in [0.25, 0.3) is 11.3 Å². The molecule has 0 saturated heterocycles. The Kier molecular flexibility index (Phi) is 7.40. The number of amides is 2. The van der Waals surface area contributed by atoms with Crippen LogP contribution in [0, 0.1) is 13.8 Å². The Balaban J connectivity index is 1.76. The number of hydrogen-bond acceptors (Lipinski definition) is 6. The van der Waals surface area contributed by atoms with E-state index in [1.165, 1.54) is 33.2 Å². The fourth-order valence-corrected chi connectivity index (χ4v) is 3.24. The lowest BCUT2D eigenvalue weighted by atomic mass is 10.1. The first-order valence-electron chi connectivity index (χ1n) is 10.4. The minimum atomic E-state index is -4.76. The molecule has 3 aromatic heterocycles. The van der Waals surface area contributed by atoms with Crippen molar-refractivity contribution in [3.8, 4) is 17.1 Å². The number of aromatic nitrogens is 5. The van der Waals surface area contributed by atoms with Crippen LogP contribution in [-0.4, -0.2) is 37.6 Å². The van der Waals surface area contributed by atoms with Crippen LogP contribution in [0.15, 0.2) is 18.3 Å². The van der Waals surface area contributed by atoms with Gasteiger partial charge < -0.3 is 15.4 Å². The number of anilines is 1. The first-order chi connectivity index (χ1) is 16.7. The number of urea groups is 1. The quantitative estimate of drug-likeness (QED) is 0.461. The maximum atomic E-state index is 13.3. The Morgan fingerprint density at radius 1 is 1.08 bits per heavy atom. The van der Waals surface area contributed by atoms with Crippen molar-refractivity contribution in [1.82, 2.24) is 30.3 Å². The van der Waals surface area contributed by atoms with Crippen LogP contribution >= 0.6 is 0 Å². The number of hydrogen-bond donors (Lipinski definition) is 2. The molecule has 0 aliphatic rings. The fraction of sp³-hybridized carbons (Fsp3) is 0.381. The van der Waals surface area contributed by atoms with Crippen molar-refractivity contribution in [2.45, 2.75) is 39.7 Å². The van der Waals surface area contributed by atoms with Gasteiger partial charge in [-0.15, -0.1) is 5.10 Å². The minimum Gasteiger partial charge on any atom is -0.478 e. The average molecular weight is 517 g/mol. The summed E-state index contributed by atoms with van der Waals surface area (Å²) in [5.41, 5.74) is -2.03. The second-order valence-electron chi connectivity index (χ2n) is 7.65. The van der Waals surface area contributed by atoms with Crippen molar-refractivity contribution in [2.75, 3.05) is 11.9 Å². The summed E-state index contributed by atoms with van der Waals surface area (Å²) in [5.74, 6) is -0.270. The summed E-state index contributed by atoms with van der Waals surface area (Å²) in [5, 5.41) is 15.9. The summed E-state index contributed by atoms with van der Waals surface area (Å²) < 4.78 is 85.5. The van der Waals surface area contributed by atoms with E-state index in [1.807, 2.05) is 0 Å². The highest BCUT2D eigenvalue weighted by Gasteiger charge is 2.38. The Bertz CT molecular complexity index is 1270. The second kappa shape index (κ2) is 9.99. The fourth-order valence-electron chi connectivity index (χ4n) is 3.24. The standard InChI is InChI=1S/C21H21F6N7O2/c1-5-36-18-11(3)14(7-15(30-18)20(22,23)24)29-19(35)28-8-12-6-10(2)16(32-31-12)13-9-34(4)33-17(13)21(25,26)27/h6-7,9H,5,8H2,1-4H3,(H2,28,29,30,35). The molecule has 0 atom stereocenters. The molecule has 0 bridgehead atoms. The summed E-state index contributed by atoms with van der Waals surface area (Å²) in [6.45, 7) is 4.41. The number of alkyl halides is 6. The predicted molar refractivity (Wildman–Crippen MR) is 115 cm³/mol. The molecule has 0 aromatic carbocycles. The molecular formula is C21H21F6N7O2. The third-order valence-electron chi connectivity index (χ3n) is 4.87. The van der Waals surface area contributed by atoms with E-state index >= 15 is 0 Å². The summed E-state index contributed by atoms with van der Waals surface area (Å²) in [6.07, 6.45) is -8.28. The summed E-state index contributed by atoms with van der Waals surface area (Å²) in [6, 6.07) is 1.26. The van der Waals surface area contributed by atoms with E-state index in [9.17, 15) is 31.1 Å². The molecule has 0 fully saturated rings. The first kappa shape index (κ1) is 26.7. The van der Waals surface area contributed by atoms with Gasteiger partial charge in [-0.2, -0.15) is 36.5 Å². The van der Waals surface area contributed by atoms with Crippen molar-refractivity contribution in [3.05, 3.63) is 46.5 Å². The second-order valence-corrected chi connectivity index (χ2v) is 7.65. The van der Waals surface area contributed by atoms with E-state index in [2.05, 4.69) is 30.9 Å². The van der Waals surface area contributed by atoms with Crippen LogP contribution in [0.1, 0.15) is 35.1 Å². The zero-order valence-electron chi connectivity index (χ0n) is 19.5. The predicted octanol–water partition coefficient (Wildman–Crippen LogP) is 4.65. The van der Waals surface area contributed by atoms with Gasteiger partial charge in [0, 0.05) is 18.8 Å². The maximum Gasteiger partial charge on any atom is 0.435 e. The highest BCUT2D eigenvalue weighted by Crippen LogP contribution is 2.36. The van der Waals surface area contributed by atoms with E-state index in [4.69, 9.17) is 4.74 Å². The minimum absolute atomic E-state index is 0.0285. The highest BCUT2D eigenvalue weighted by atomic mass is 19.4. The molecule has 9 nitrogen and oxygen atoms in total. The molecule has 0 aliphatic carbocycles. The third kappa shape index (κ3) is 6.01. The number of halogens is 6. The highest BCUT2D eigenvalue weighted by molar-refractivity contribution is 5.90. The monoisotopic (exact) mass is 517 g/mol. The normalized spacial score (nSPS) is 11.9. The van der Waals surface area contributed by atoms with E-state index in [0.717, 1.165) is 4.68 Å². The van der Waals surface area contributed by atoms with Crippen LogP contribution < -0.4 is 15.4 Å². The Labute approximate surface area is 200 Å². The Morgan fingerprint density at radius 3 is 2.36 bits per heavy atom. The lowest BCUT2D eigenvalue weighted by Crippen LogP contribution is -2.29. The number of nitrogens with one attached hydrogen (secondary N) is 2. The lowest BCUT2D eigenvalue weighted by Gasteiger charge is -2.16. The topological polar surface area (TPSA) is 107 Å². The van der Waals surface area contributed by atoms with E-state index < -0.39 is 29.8 Å². The molecule has 3 rings (SSSR count). The molecule has 194 valence electrons. The summed E-state index contributed by atoms with van der Waals surface area (Å²) >= 11 is 0. The van der Waals surface area contributed by atoms with Crippen LogP contribution in [0.4, 0.5) is 36.8 Å². The Hall–Kier alpha value is -3.91. The van der Waals surface area contributed by atoms with E-state index in [1.54, 1.807) is 6.92 Å². The van der Waals surface area contributed by atoms with Gasteiger partial charge >= 0.3 is 18.4 Å². The smallest absolute Gasteiger partial charge is 0.435 e. The first-order valence-corrected chi connectivity index (χ1v) is 10.4. The van der Waals surface area contributed by atoms with Crippen LogP contribution in [-0.2, 0) is 25.9 Å². The Morgan fingerprint density at radius 2 is 1.78 bits per heavy atom. The number of carbonyl (C=O) groups is 1. The zero-order chi connectivity index (χ0) is 26.8. The summed E-state index contributed by atoms with van der Waals surface area (Å²) in [7, 11) is 1.35. The third-order valence-corrected chi connectivity index (χ3v) is 4.87. The van der Waals surface area contributed by atoms with Gasteiger partial charge in [-0.05, 0) is 38.5 Å². The van der Waals surface area contributed by atoms with Gasteiger partial charge in [0.05, 0.1) is 35.8 Å². The lowest BCUT2D eigenvalue weighted by molar-refractivity contribution is -0.142. The zero-order valence-corrected chi connectivity index (χ0v) is 19.5. The van der Waals surface area contributed by atoms with Crippen LogP contribution in [0.3, 0.4) is 0 Å². The van der Waals surface area contributed by atoms with Crippen molar-refractivity contribution in [1.29, 1.82) is 0 Å². The molecule has 2 amide bonds. The number of ether oxygens (including phenoxy) is 1. The van der Waals surface area contributed by atoms with Gasteiger partial charge in [-0.1, -0.05) is 0 Å². The van der Waals surface area contributed by atoms with Gasteiger partial charge in [-0.25, -0.2) is 9.78 Å². The SMILES string of the molecule is CCOc1nc(C(F)(F)F)cc(NC(=O)NCc2cc(C)c(-c3cn(C)nc3C(F)(F)F)nn2)c1C. The molecule has 0 unspecified atom stereocenters. The molecule has 0 aliphatic heterocycles. The van der Waals surface area contributed by atoms with Gasteiger partial charge in [0.2, 0.25) is 5.88 Å². The molecular weight excluding hydrogens is 496 g/mol. The van der Waals surface area contributed by atoms with Crippen LogP contribution in [0.5, 0.6) is 5.88 Å². The van der Waals surface area contributed by atoms with Gasteiger partial charge in [-0.3, -0.25) is 4.68 Å². The molecule has 0 radical (unpaired) electrons. The molecule has 0 saturated carbocycles. The molecule has 3 heterocycles. The van der Waals surface area contributed by atoms with Gasteiger partial charge in [0.1, 0.15) is 0 Å². The van der Waals surface area contributed by atoms with Crippen LogP contribution in [0.2, 0.25) is 0 Å². The van der Waals surface area contributed by atoms with Gasteiger partial charge in [0.25, 0.3) is 0 Å². The number of nitrogens with zero attached hydrogens (tertiary/aromatic N) is 5. The number of carbonyl (C=O) groups excluding carboxylic acids is 1. The van der Waals surface area contributed by atoms with Gasteiger partial charge in [0.15, 0.2) is 11.4 Å². The van der Waals surface area contributed by atoms with Crippen molar-refractivity contribution in [3.63, 3.8) is 0 Å². The van der Waals surface area contributed by atoms with Crippen molar-refractivity contribution in [2.24, 2.45) is 7.05 Å². The molecule has 3 aromatic rings. The number of rotatable bonds is 6. The molecule has 36 heavy (non-hydrogen) atoms. The van der Waals surface area contributed by atoms with Crippen molar-refractivity contribution >= 4 is 11.7 Å². The molecule has 15 heteroatoms. The molecule has 2 N–H and O–H groups in total. The maximum absolute atomic E-state index is 13.3. The van der Waals surface area contributed by atoms with E-state index in [-0.39, 0.29) is 47.2 Å². The largest absolute Gasteiger partial charge is 0.478 e. The van der Waals surface area contributed by atoms with E-state index in [0.29, 0.717) is 11.6 Å². The molecule has 0 spiro atoms. The van der Waals surface area contributed by atoms with Crippen molar-refractivity contribution < 1.29 is 35.9 Å².